The van der Waals surface area contributed by atoms with Gasteiger partial charge >= 0.3 is 0 Å². The second-order valence-electron chi connectivity index (χ2n) is 8.63. The number of nitrogens with zero attached hydrogens (tertiary/aromatic N) is 2. The summed E-state index contributed by atoms with van der Waals surface area (Å²) in [6, 6.07) is 9.59. The van der Waals surface area contributed by atoms with Gasteiger partial charge in [-0.05, 0) is 55.7 Å². The van der Waals surface area contributed by atoms with E-state index in [9.17, 15) is 9.59 Å². The van der Waals surface area contributed by atoms with E-state index in [0.717, 1.165) is 54.6 Å². The minimum atomic E-state index is -0.0706. The van der Waals surface area contributed by atoms with Crippen LogP contribution < -0.4 is 10.9 Å². The minimum absolute atomic E-state index is 0.0319. The lowest BCUT2D eigenvalue weighted by Gasteiger charge is -2.18. The van der Waals surface area contributed by atoms with Gasteiger partial charge in [-0.1, -0.05) is 36.9 Å². The lowest BCUT2D eigenvalue weighted by atomic mass is 9.89. The van der Waals surface area contributed by atoms with Crippen LogP contribution in [0.3, 0.4) is 0 Å². The highest BCUT2D eigenvalue weighted by molar-refractivity contribution is 7.99. The van der Waals surface area contributed by atoms with Gasteiger partial charge in [0.15, 0.2) is 5.16 Å². The number of fused-ring (bicyclic) bond motifs is 3. The summed E-state index contributed by atoms with van der Waals surface area (Å²) in [5.74, 6) is 0.770. The molecule has 168 valence electrons. The zero-order chi connectivity index (χ0) is 22.1. The summed E-state index contributed by atoms with van der Waals surface area (Å²) in [6.45, 7) is 3.57. The molecule has 1 amide bonds. The number of aromatic nitrogens is 2. The number of ether oxygens (including phenoxy) is 1. The molecule has 8 heteroatoms. The fourth-order valence-electron chi connectivity index (χ4n) is 4.49. The van der Waals surface area contributed by atoms with Crippen LogP contribution in [0.4, 0.5) is 0 Å². The molecular weight excluding hydrogens is 442 g/mol. The molecule has 3 heterocycles. The Balaban J connectivity index is 1.46. The van der Waals surface area contributed by atoms with Crippen molar-refractivity contribution in [3.05, 3.63) is 51.1 Å². The van der Waals surface area contributed by atoms with E-state index in [1.807, 2.05) is 30.3 Å². The maximum atomic E-state index is 13.7. The van der Waals surface area contributed by atoms with Crippen LogP contribution in [0, 0.1) is 5.92 Å². The second-order valence-corrected chi connectivity index (χ2v) is 10.7. The highest BCUT2D eigenvalue weighted by atomic mass is 32.2. The van der Waals surface area contributed by atoms with Crippen LogP contribution in [0.5, 0.6) is 0 Å². The summed E-state index contributed by atoms with van der Waals surface area (Å²) < 4.78 is 7.25. The number of hydrogen-bond donors (Lipinski definition) is 1. The van der Waals surface area contributed by atoms with Crippen LogP contribution in [0.15, 0.2) is 40.3 Å². The van der Waals surface area contributed by atoms with Gasteiger partial charge in [0.1, 0.15) is 4.83 Å². The fourth-order valence-corrected chi connectivity index (χ4v) is 6.75. The lowest BCUT2D eigenvalue weighted by molar-refractivity contribution is -0.119. The molecule has 2 aromatic heterocycles. The van der Waals surface area contributed by atoms with E-state index in [1.165, 1.54) is 22.2 Å². The molecule has 32 heavy (non-hydrogen) atoms. The van der Waals surface area contributed by atoms with Gasteiger partial charge in [0.2, 0.25) is 5.91 Å². The normalized spacial score (nSPS) is 20.4. The van der Waals surface area contributed by atoms with Crippen molar-refractivity contribution >= 4 is 39.2 Å². The monoisotopic (exact) mass is 469 g/mol. The van der Waals surface area contributed by atoms with Crippen molar-refractivity contribution in [3.8, 4) is 5.69 Å². The summed E-state index contributed by atoms with van der Waals surface area (Å²) in [4.78, 5) is 33.2. The first-order chi connectivity index (χ1) is 15.6. The zero-order valence-electron chi connectivity index (χ0n) is 18.1. The van der Waals surface area contributed by atoms with Crippen molar-refractivity contribution in [1.82, 2.24) is 14.9 Å². The third kappa shape index (κ3) is 4.36. The molecule has 1 aromatic carbocycles. The predicted octanol–water partition coefficient (Wildman–Crippen LogP) is 3.96. The number of hydrogen-bond acceptors (Lipinski definition) is 6. The number of thioether (sulfide) groups is 1. The minimum Gasteiger partial charge on any atom is -0.376 e. The fraction of sp³-hybridized carbons (Fsp3) is 0.458. The van der Waals surface area contributed by atoms with E-state index in [1.54, 1.807) is 15.9 Å². The molecule has 0 spiro atoms. The molecule has 0 bridgehead atoms. The standard InChI is InChI=1S/C24H27N3O3S2/c1-15-9-10-18-19(12-15)32-22-21(18)23(29)27(16-6-3-2-4-7-16)24(26-22)31-14-20(28)25-13-17-8-5-11-30-17/h2-4,6-7,15,17H,5,8-14H2,1H3,(H,25,28)/t15-,17-/m0/s1. The number of thiophene rings is 1. The van der Waals surface area contributed by atoms with Gasteiger partial charge in [-0.15, -0.1) is 11.3 Å². The topological polar surface area (TPSA) is 73.2 Å². The van der Waals surface area contributed by atoms with Gasteiger partial charge in [-0.2, -0.15) is 0 Å². The highest BCUT2D eigenvalue weighted by Gasteiger charge is 2.25. The molecule has 1 aliphatic carbocycles. The Morgan fingerprint density at radius 2 is 2.16 bits per heavy atom. The Labute approximate surface area is 195 Å². The summed E-state index contributed by atoms with van der Waals surface area (Å²) in [5.41, 5.74) is 1.92. The molecule has 1 aliphatic heterocycles. The summed E-state index contributed by atoms with van der Waals surface area (Å²) in [6.07, 6.45) is 5.19. The van der Waals surface area contributed by atoms with Crippen molar-refractivity contribution in [2.45, 2.75) is 50.3 Å². The van der Waals surface area contributed by atoms with Crippen LogP contribution in [-0.2, 0) is 22.4 Å². The van der Waals surface area contributed by atoms with Crippen LogP contribution in [-0.4, -0.2) is 40.5 Å². The number of nitrogens with one attached hydrogen (secondary N) is 1. The van der Waals surface area contributed by atoms with E-state index < -0.39 is 0 Å². The first-order valence-corrected chi connectivity index (χ1v) is 13.0. The zero-order valence-corrected chi connectivity index (χ0v) is 19.8. The molecule has 1 fully saturated rings. The Bertz CT molecular complexity index is 1180. The maximum absolute atomic E-state index is 13.7. The molecule has 5 rings (SSSR count). The maximum Gasteiger partial charge on any atom is 0.267 e. The number of carbonyl (C=O) groups excluding carboxylic acids is 1. The van der Waals surface area contributed by atoms with Gasteiger partial charge in [-0.3, -0.25) is 14.2 Å². The Morgan fingerprint density at radius 3 is 2.94 bits per heavy atom. The number of amides is 1. The summed E-state index contributed by atoms with van der Waals surface area (Å²) in [5, 5.41) is 4.27. The molecule has 6 nitrogen and oxygen atoms in total. The Kier molecular flexibility index (Phi) is 6.35. The first-order valence-electron chi connectivity index (χ1n) is 11.2. The van der Waals surface area contributed by atoms with Gasteiger partial charge < -0.3 is 10.1 Å². The predicted molar refractivity (Wildman–Crippen MR) is 129 cm³/mol. The Hall–Kier alpha value is -2.16. The number of rotatable bonds is 6. The number of para-hydroxylation sites is 1. The van der Waals surface area contributed by atoms with Crippen molar-refractivity contribution in [2.24, 2.45) is 5.92 Å². The molecule has 0 radical (unpaired) electrons. The molecule has 1 saturated heterocycles. The third-order valence-electron chi connectivity index (χ3n) is 6.20. The van der Waals surface area contributed by atoms with Crippen LogP contribution >= 0.6 is 23.1 Å². The van der Waals surface area contributed by atoms with Gasteiger partial charge in [0.25, 0.3) is 5.56 Å². The van der Waals surface area contributed by atoms with E-state index in [0.29, 0.717) is 17.6 Å². The van der Waals surface area contributed by atoms with Crippen molar-refractivity contribution in [1.29, 1.82) is 0 Å². The lowest BCUT2D eigenvalue weighted by Crippen LogP contribution is -2.33. The van der Waals surface area contributed by atoms with Crippen molar-refractivity contribution in [3.63, 3.8) is 0 Å². The van der Waals surface area contributed by atoms with Crippen LogP contribution in [0.25, 0.3) is 15.9 Å². The van der Waals surface area contributed by atoms with Crippen LogP contribution in [0.1, 0.15) is 36.6 Å². The van der Waals surface area contributed by atoms with E-state index >= 15 is 0 Å². The van der Waals surface area contributed by atoms with E-state index in [2.05, 4.69) is 12.2 Å². The molecule has 0 saturated carbocycles. The van der Waals surface area contributed by atoms with Crippen LogP contribution in [0.2, 0.25) is 0 Å². The van der Waals surface area contributed by atoms with E-state index in [4.69, 9.17) is 9.72 Å². The molecular formula is C24H27N3O3S2. The number of aryl methyl sites for hydroxylation is 1. The number of carbonyl (C=O) groups is 1. The Morgan fingerprint density at radius 1 is 1.31 bits per heavy atom. The average molecular weight is 470 g/mol. The summed E-state index contributed by atoms with van der Waals surface area (Å²) in [7, 11) is 0. The van der Waals surface area contributed by atoms with Crippen molar-refractivity contribution in [2.75, 3.05) is 18.9 Å². The first kappa shape index (κ1) is 21.7. The number of benzene rings is 1. The highest BCUT2D eigenvalue weighted by Crippen LogP contribution is 2.37. The average Bonchev–Trinajstić information content (AvgIpc) is 3.44. The molecule has 2 aliphatic rings. The molecule has 3 aromatic rings. The quantitative estimate of drug-likeness (QED) is 0.437. The molecule has 0 unspecified atom stereocenters. The van der Waals surface area contributed by atoms with Crippen molar-refractivity contribution < 1.29 is 9.53 Å². The molecule has 1 N–H and O–H groups in total. The van der Waals surface area contributed by atoms with Gasteiger partial charge in [0, 0.05) is 18.0 Å². The van der Waals surface area contributed by atoms with Gasteiger partial charge in [-0.25, -0.2) is 4.98 Å². The SMILES string of the molecule is C[C@H]1CCc2c(sc3nc(SCC(=O)NC[C@@H]4CCCO4)n(-c4ccccc4)c(=O)c23)C1. The molecule has 2 atom stereocenters. The van der Waals surface area contributed by atoms with Gasteiger partial charge in [0.05, 0.1) is 22.9 Å². The third-order valence-corrected chi connectivity index (χ3v) is 8.28. The summed E-state index contributed by atoms with van der Waals surface area (Å²) >= 11 is 2.96. The largest absolute Gasteiger partial charge is 0.376 e. The second kappa shape index (κ2) is 9.37. The smallest absolute Gasteiger partial charge is 0.267 e. The van der Waals surface area contributed by atoms with E-state index in [-0.39, 0.29) is 23.3 Å².